The molecule has 1 aliphatic heterocycles. The molecular weight excluding hydrogens is 455 g/mol. The Bertz CT molecular complexity index is 1050. The normalized spacial score (nSPS) is 18.9. The van der Waals surface area contributed by atoms with E-state index in [1.165, 1.54) is 0 Å². The van der Waals surface area contributed by atoms with Crippen molar-refractivity contribution in [2.45, 2.75) is 25.6 Å². The summed E-state index contributed by atoms with van der Waals surface area (Å²) in [4.78, 5) is 13.9. The van der Waals surface area contributed by atoms with Crippen LogP contribution in [0.4, 0.5) is 8.78 Å². The van der Waals surface area contributed by atoms with Crippen LogP contribution in [-0.2, 0) is 9.53 Å². The Morgan fingerprint density at radius 2 is 1.59 bits per heavy atom. The first-order chi connectivity index (χ1) is 15.4. The molecule has 1 heterocycles. The Kier molecular flexibility index (Phi) is 6.79. The third-order valence-electron chi connectivity index (χ3n) is 5.53. The van der Waals surface area contributed by atoms with E-state index in [2.05, 4.69) is 4.90 Å². The fourth-order valence-electron chi connectivity index (χ4n) is 3.96. The summed E-state index contributed by atoms with van der Waals surface area (Å²) in [6.07, 6.45) is 0.416. The molecule has 2 aromatic carbocycles. The standard InChI is InChI=1S/C25H21Cl2F2NO2/c1-2-23(31)32-22-12-20(28)11-21(29)24(22)17-13-30(14-17)25(15-3-7-18(26)8-4-15)16-5-9-19(27)10-6-16/h3-12,21,25H,2,13-14H2,1H3. The van der Waals surface area contributed by atoms with Crippen molar-refractivity contribution in [1.82, 2.24) is 4.90 Å². The number of nitrogens with zero attached hydrogens (tertiary/aromatic N) is 1. The highest BCUT2D eigenvalue weighted by atomic mass is 35.5. The highest BCUT2D eigenvalue weighted by molar-refractivity contribution is 6.30. The number of carbonyl (C=O) groups is 1. The van der Waals surface area contributed by atoms with Crippen molar-refractivity contribution in [1.29, 1.82) is 0 Å². The third kappa shape index (κ3) is 4.80. The van der Waals surface area contributed by atoms with Crippen LogP contribution >= 0.6 is 23.2 Å². The summed E-state index contributed by atoms with van der Waals surface area (Å²) in [7, 11) is 0. The topological polar surface area (TPSA) is 29.5 Å². The van der Waals surface area contributed by atoms with Gasteiger partial charge in [0.15, 0.2) is 6.17 Å². The molecule has 0 amide bonds. The zero-order valence-corrected chi connectivity index (χ0v) is 18.8. The Morgan fingerprint density at radius 3 is 2.09 bits per heavy atom. The van der Waals surface area contributed by atoms with Gasteiger partial charge in [0.2, 0.25) is 0 Å². The number of halogens is 4. The molecule has 2 aliphatic rings. The van der Waals surface area contributed by atoms with Crippen molar-refractivity contribution in [3.8, 4) is 0 Å². The van der Waals surface area contributed by atoms with E-state index in [1.807, 2.05) is 48.5 Å². The molecule has 3 nitrogen and oxygen atoms in total. The molecule has 2 aromatic rings. The van der Waals surface area contributed by atoms with E-state index < -0.39 is 18.0 Å². The lowest BCUT2D eigenvalue weighted by molar-refractivity contribution is -0.138. The molecule has 7 heteroatoms. The largest absolute Gasteiger partial charge is 0.426 e. The summed E-state index contributed by atoms with van der Waals surface area (Å²) < 4.78 is 33.8. The quantitative estimate of drug-likeness (QED) is 0.448. The number of ether oxygens (including phenoxy) is 1. The van der Waals surface area contributed by atoms with Crippen molar-refractivity contribution in [2.75, 3.05) is 13.1 Å². The van der Waals surface area contributed by atoms with E-state index in [1.54, 1.807) is 6.92 Å². The number of carbonyl (C=O) groups excluding carboxylic acids is 1. The molecule has 0 bridgehead atoms. The Balaban J connectivity index is 1.64. The van der Waals surface area contributed by atoms with Gasteiger partial charge in [0.25, 0.3) is 0 Å². The Hall–Kier alpha value is -2.47. The number of alkyl halides is 1. The van der Waals surface area contributed by atoms with E-state index >= 15 is 0 Å². The summed E-state index contributed by atoms with van der Waals surface area (Å²) in [5, 5.41) is 1.28. The summed E-state index contributed by atoms with van der Waals surface area (Å²) >= 11 is 12.1. The highest BCUT2D eigenvalue weighted by Gasteiger charge is 2.36. The third-order valence-corrected chi connectivity index (χ3v) is 6.04. The lowest BCUT2D eigenvalue weighted by Gasteiger charge is -2.43. The summed E-state index contributed by atoms with van der Waals surface area (Å²) in [6, 6.07) is 15.0. The van der Waals surface area contributed by atoms with Gasteiger partial charge in [0.05, 0.1) is 6.04 Å². The molecule has 4 rings (SSSR count). The van der Waals surface area contributed by atoms with Crippen LogP contribution < -0.4 is 0 Å². The fourth-order valence-corrected chi connectivity index (χ4v) is 4.21. The molecule has 0 spiro atoms. The predicted octanol–water partition coefficient (Wildman–Crippen LogP) is 6.74. The number of rotatable bonds is 5. The number of hydrogen-bond donors (Lipinski definition) is 0. The fraction of sp³-hybridized carbons (Fsp3) is 0.240. The van der Waals surface area contributed by atoms with Gasteiger partial charge in [0.1, 0.15) is 11.6 Å². The summed E-state index contributed by atoms with van der Waals surface area (Å²) in [6.45, 7) is 2.52. The maximum atomic E-state index is 14.8. The van der Waals surface area contributed by atoms with Crippen LogP contribution in [0.25, 0.3) is 0 Å². The van der Waals surface area contributed by atoms with E-state index in [0.29, 0.717) is 23.1 Å². The van der Waals surface area contributed by atoms with Crippen molar-refractivity contribution in [2.24, 2.45) is 0 Å². The van der Waals surface area contributed by atoms with E-state index in [9.17, 15) is 13.6 Å². The zero-order chi connectivity index (χ0) is 22.8. The molecule has 1 unspecified atom stereocenters. The van der Waals surface area contributed by atoms with Crippen molar-refractivity contribution in [3.63, 3.8) is 0 Å². The van der Waals surface area contributed by atoms with Gasteiger partial charge in [-0.15, -0.1) is 0 Å². The minimum atomic E-state index is -1.67. The Labute approximate surface area is 195 Å². The molecule has 1 saturated heterocycles. The Morgan fingerprint density at radius 1 is 1.06 bits per heavy atom. The molecular formula is C25H21Cl2F2NO2. The number of benzene rings is 2. The minimum absolute atomic E-state index is 0.0477. The molecule has 1 fully saturated rings. The van der Waals surface area contributed by atoms with Gasteiger partial charge in [-0.3, -0.25) is 9.69 Å². The highest BCUT2D eigenvalue weighted by Crippen LogP contribution is 2.39. The van der Waals surface area contributed by atoms with Crippen molar-refractivity contribution in [3.05, 3.63) is 105 Å². The molecule has 0 radical (unpaired) electrons. The van der Waals surface area contributed by atoms with Crippen LogP contribution in [0.2, 0.25) is 10.0 Å². The maximum Gasteiger partial charge on any atom is 0.310 e. The first-order valence-electron chi connectivity index (χ1n) is 10.3. The molecule has 1 atom stereocenters. The first kappa shape index (κ1) is 22.7. The maximum absolute atomic E-state index is 14.8. The SMILES string of the molecule is CCC(=O)OC1=CC(F)=CC(F)C1=C1CN(C(c2ccc(Cl)cc2)c2ccc(Cl)cc2)C1. The predicted molar refractivity (Wildman–Crippen MR) is 122 cm³/mol. The van der Waals surface area contributed by atoms with Gasteiger partial charge in [0, 0.05) is 41.2 Å². The molecule has 0 aromatic heterocycles. The summed E-state index contributed by atoms with van der Waals surface area (Å²) in [5.41, 5.74) is 3.06. The van der Waals surface area contributed by atoms with Gasteiger partial charge in [-0.25, -0.2) is 8.78 Å². The lowest BCUT2D eigenvalue weighted by atomic mass is 9.88. The minimum Gasteiger partial charge on any atom is -0.426 e. The number of allylic oxidation sites excluding steroid dienone is 4. The van der Waals surface area contributed by atoms with Crippen molar-refractivity contribution < 1.29 is 18.3 Å². The number of hydrogen-bond acceptors (Lipinski definition) is 3. The van der Waals surface area contributed by atoms with Crippen LogP contribution in [0, 0.1) is 0 Å². The average molecular weight is 476 g/mol. The molecule has 166 valence electrons. The zero-order valence-electron chi connectivity index (χ0n) is 17.3. The van der Waals surface area contributed by atoms with Gasteiger partial charge >= 0.3 is 5.97 Å². The molecule has 1 aliphatic carbocycles. The summed E-state index contributed by atoms with van der Waals surface area (Å²) in [5.74, 6) is -1.33. The monoisotopic (exact) mass is 475 g/mol. The van der Waals surface area contributed by atoms with Crippen LogP contribution in [0.15, 0.2) is 83.4 Å². The second-order valence-electron chi connectivity index (χ2n) is 7.72. The van der Waals surface area contributed by atoms with Crippen LogP contribution in [0.1, 0.15) is 30.5 Å². The van der Waals surface area contributed by atoms with Crippen LogP contribution in [0.5, 0.6) is 0 Å². The molecule has 0 N–H and O–H groups in total. The molecule has 32 heavy (non-hydrogen) atoms. The van der Waals surface area contributed by atoms with Crippen LogP contribution in [0.3, 0.4) is 0 Å². The lowest BCUT2D eigenvalue weighted by Crippen LogP contribution is -2.45. The first-order valence-corrected chi connectivity index (χ1v) is 11.0. The smallest absolute Gasteiger partial charge is 0.310 e. The van der Waals surface area contributed by atoms with Crippen LogP contribution in [-0.4, -0.2) is 30.1 Å². The number of likely N-dealkylation sites (tertiary alicyclic amines) is 1. The van der Waals surface area contributed by atoms with Gasteiger partial charge in [-0.05, 0) is 47.0 Å². The second-order valence-corrected chi connectivity index (χ2v) is 8.59. The van der Waals surface area contributed by atoms with Gasteiger partial charge in [-0.1, -0.05) is 54.4 Å². The van der Waals surface area contributed by atoms with E-state index in [0.717, 1.165) is 28.9 Å². The average Bonchev–Trinajstić information content (AvgIpc) is 2.73. The second kappa shape index (κ2) is 9.57. The van der Waals surface area contributed by atoms with E-state index in [-0.39, 0.29) is 23.8 Å². The van der Waals surface area contributed by atoms with Crippen molar-refractivity contribution >= 4 is 29.2 Å². The molecule has 0 saturated carbocycles. The van der Waals surface area contributed by atoms with Gasteiger partial charge in [-0.2, -0.15) is 0 Å². The number of esters is 1. The van der Waals surface area contributed by atoms with E-state index in [4.69, 9.17) is 27.9 Å². The van der Waals surface area contributed by atoms with Gasteiger partial charge < -0.3 is 4.74 Å².